The number of aromatic nitrogens is 1. The number of nitrogens with zero attached hydrogens (tertiary/aromatic N) is 1. The molecule has 0 aliphatic heterocycles. The van der Waals surface area contributed by atoms with Crippen molar-refractivity contribution >= 4 is 40.8 Å². The van der Waals surface area contributed by atoms with E-state index in [-0.39, 0.29) is 10.6 Å². The van der Waals surface area contributed by atoms with Gasteiger partial charge in [-0.25, -0.2) is 4.79 Å². The van der Waals surface area contributed by atoms with E-state index in [0.29, 0.717) is 16.4 Å². The highest BCUT2D eigenvalue weighted by molar-refractivity contribution is 6.31. The largest absolute Gasteiger partial charge is 0.478 e. The summed E-state index contributed by atoms with van der Waals surface area (Å²) in [6.07, 6.45) is 1.59. The van der Waals surface area contributed by atoms with Gasteiger partial charge in [-0.3, -0.25) is 4.79 Å². The standard InChI is InChI=1S/C13H10Cl2N2O3/c1-17-6-9(15)5-11(17)12(18)16-10-3-7(13(19)20)2-8(14)4-10/h2-6H,1H3,(H,16,18)(H,19,20). The topological polar surface area (TPSA) is 71.3 Å². The lowest BCUT2D eigenvalue weighted by atomic mass is 10.2. The van der Waals surface area contributed by atoms with Crippen molar-refractivity contribution in [1.29, 1.82) is 0 Å². The summed E-state index contributed by atoms with van der Waals surface area (Å²) in [5, 5.41) is 12.2. The number of hydrogen-bond acceptors (Lipinski definition) is 2. The van der Waals surface area contributed by atoms with Crippen LogP contribution in [0.2, 0.25) is 10.0 Å². The number of benzene rings is 1. The SMILES string of the molecule is Cn1cc(Cl)cc1C(=O)Nc1cc(Cl)cc(C(=O)O)c1. The van der Waals surface area contributed by atoms with Crippen molar-refractivity contribution in [3.63, 3.8) is 0 Å². The van der Waals surface area contributed by atoms with Crippen LogP contribution in [0.3, 0.4) is 0 Å². The second-order valence-electron chi connectivity index (χ2n) is 4.14. The van der Waals surface area contributed by atoms with E-state index in [9.17, 15) is 9.59 Å². The van der Waals surface area contributed by atoms with Crippen LogP contribution in [0.25, 0.3) is 0 Å². The quantitative estimate of drug-likeness (QED) is 0.913. The maximum Gasteiger partial charge on any atom is 0.335 e. The highest BCUT2D eigenvalue weighted by Gasteiger charge is 2.13. The average Bonchev–Trinajstić information content (AvgIpc) is 2.67. The third-order valence-corrected chi connectivity index (χ3v) is 3.03. The van der Waals surface area contributed by atoms with E-state index >= 15 is 0 Å². The summed E-state index contributed by atoms with van der Waals surface area (Å²) in [5.41, 5.74) is 0.654. The molecule has 1 aromatic carbocycles. The van der Waals surface area contributed by atoms with Crippen LogP contribution in [0.1, 0.15) is 20.8 Å². The van der Waals surface area contributed by atoms with Gasteiger partial charge in [0, 0.05) is 24.0 Å². The number of rotatable bonds is 3. The minimum Gasteiger partial charge on any atom is -0.478 e. The van der Waals surface area contributed by atoms with E-state index in [1.165, 1.54) is 24.3 Å². The molecule has 0 radical (unpaired) electrons. The predicted molar refractivity (Wildman–Crippen MR) is 76.8 cm³/mol. The molecule has 5 nitrogen and oxygen atoms in total. The zero-order chi connectivity index (χ0) is 14.9. The third-order valence-electron chi connectivity index (χ3n) is 2.61. The Hall–Kier alpha value is -1.98. The lowest BCUT2D eigenvalue weighted by molar-refractivity contribution is 0.0696. The molecule has 20 heavy (non-hydrogen) atoms. The molecule has 2 N–H and O–H groups in total. The molecule has 104 valence electrons. The van der Waals surface area contributed by atoms with E-state index in [4.69, 9.17) is 28.3 Å². The maximum atomic E-state index is 12.1. The minimum absolute atomic E-state index is 0.00212. The Kier molecular flexibility index (Phi) is 4.01. The molecule has 0 saturated carbocycles. The number of halogens is 2. The summed E-state index contributed by atoms with van der Waals surface area (Å²) in [6.45, 7) is 0. The molecular weight excluding hydrogens is 303 g/mol. The van der Waals surface area contributed by atoms with Crippen molar-refractivity contribution < 1.29 is 14.7 Å². The minimum atomic E-state index is -1.12. The normalized spacial score (nSPS) is 10.3. The summed E-state index contributed by atoms with van der Waals surface area (Å²) in [4.78, 5) is 23.0. The number of amides is 1. The molecule has 1 aromatic heterocycles. The van der Waals surface area contributed by atoms with Crippen LogP contribution in [0.15, 0.2) is 30.5 Å². The summed E-state index contributed by atoms with van der Waals surface area (Å²) in [7, 11) is 1.68. The van der Waals surface area contributed by atoms with Gasteiger partial charge in [0.15, 0.2) is 0 Å². The number of aryl methyl sites for hydroxylation is 1. The van der Waals surface area contributed by atoms with E-state index in [0.717, 1.165) is 0 Å². The fourth-order valence-corrected chi connectivity index (χ4v) is 2.22. The van der Waals surface area contributed by atoms with Crippen LogP contribution in [0.5, 0.6) is 0 Å². The zero-order valence-corrected chi connectivity index (χ0v) is 11.9. The highest BCUT2D eigenvalue weighted by atomic mass is 35.5. The van der Waals surface area contributed by atoms with Crippen LogP contribution in [-0.2, 0) is 7.05 Å². The monoisotopic (exact) mass is 312 g/mol. The van der Waals surface area contributed by atoms with Crippen LogP contribution >= 0.6 is 23.2 Å². The number of carbonyl (C=O) groups is 2. The highest BCUT2D eigenvalue weighted by Crippen LogP contribution is 2.20. The first-order valence-corrected chi connectivity index (χ1v) is 6.29. The van der Waals surface area contributed by atoms with Crippen LogP contribution in [-0.4, -0.2) is 21.6 Å². The summed E-state index contributed by atoms with van der Waals surface area (Å²) in [6, 6.07) is 5.62. The van der Waals surface area contributed by atoms with Gasteiger partial charge in [0.1, 0.15) is 5.69 Å². The Morgan fingerprint density at radius 2 is 1.85 bits per heavy atom. The van der Waals surface area contributed by atoms with Crippen molar-refractivity contribution in [2.24, 2.45) is 7.05 Å². The molecule has 0 atom stereocenters. The summed E-state index contributed by atoms with van der Waals surface area (Å²) < 4.78 is 1.57. The Morgan fingerprint density at radius 3 is 2.40 bits per heavy atom. The smallest absolute Gasteiger partial charge is 0.335 e. The molecule has 0 unspecified atom stereocenters. The zero-order valence-electron chi connectivity index (χ0n) is 10.4. The average molecular weight is 313 g/mol. The molecule has 0 fully saturated rings. The van der Waals surface area contributed by atoms with E-state index in [1.807, 2.05) is 0 Å². The first kappa shape index (κ1) is 14.4. The number of nitrogens with one attached hydrogen (secondary N) is 1. The first-order valence-electron chi connectivity index (χ1n) is 5.54. The third kappa shape index (κ3) is 3.12. The number of anilines is 1. The molecule has 0 aliphatic rings. The van der Waals surface area contributed by atoms with Gasteiger partial charge in [-0.2, -0.15) is 0 Å². The number of aromatic carboxylic acids is 1. The Labute approximate surface area is 124 Å². The van der Waals surface area contributed by atoms with Gasteiger partial charge < -0.3 is 15.0 Å². The number of carboxylic acids is 1. The maximum absolute atomic E-state index is 12.1. The molecule has 0 saturated heterocycles. The second kappa shape index (κ2) is 5.56. The van der Waals surface area contributed by atoms with Crippen molar-refractivity contribution in [3.8, 4) is 0 Å². The lowest BCUT2D eigenvalue weighted by Crippen LogP contribution is -2.15. The van der Waals surface area contributed by atoms with Gasteiger partial charge in [-0.15, -0.1) is 0 Å². The van der Waals surface area contributed by atoms with Crippen LogP contribution in [0, 0.1) is 0 Å². The Balaban J connectivity index is 2.28. The van der Waals surface area contributed by atoms with E-state index in [2.05, 4.69) is 5.32 Å². The second-order valence-corrected chi connectivity index (χ2v) is 5.02. The number of hydrogen-bond donors (Lipinski definition) is 2. The molecular formula is C13H10Cl2N2O3. The molecule has 1 amide bonds. The molecule has 1 heterocycles. The van der Waals surface area contributed by atoms with Gasteiger partial charge in [-0.1, -0.05) is 23.2 Å². The first-order chi connectivity index (χ1) is 9.36. The van der Waals surface area contributed by atoms with E-state index < -0.39 is 11.9 Å². The van der Waals surface area contributed by atoms with Crippen molar-refractivity contribution in [2.45, 2.75) is 0 Å². The lowest BCUT2D eigenvalue weighted by Gasteiger charge is -2.07. The van der Waals surface area contributed by atoms with Crippen LogP contribution < -0.4 is 5.32 Å². The van der Waals surface area contributed by atoms with Gasteiger partial charge >= 0.3 is 5.97 Å². The van der Waals surface area contributed by atoms with Gasteiger partial charge in [0.2, 0.25) is 0 Å². The van der Waals surface area contributed by atoms with Crippen LogP contribution in [0.4, 0.5) is 5.69 Å². The number of carboxylic acid groups (broad SMARTS) is 1. The fourth-order valence-electron chi connectivity index (χ4n) is 1.73. The van der Waals surface area contributed by atoms with Gasteiger partial charge in [0.05, 0.1) is 10.6 Å². The fraction of sp³-hybridized carbons (Fsp3) is 0.0769. The molecule has 2 rings (SSSR count). The predicted octanol–water partition coefficient (Wildman–Crippen LogP) is 3.28. The summed E-state index contributed by atoms with van der Waals surface area (Å²) >= 11 is 11.6. The summed E-state index contributed by atoms with van der Waals surface area (Å²) in [5.74, 6) is -1.53. The van der Waals surface area contributed by atoms with Gasteiger partial charge in [-0.05, 0) is 24.3 Å². The Morgan fingerprint density at radius 1 is 1.15 bits per heavy atom. The molecule has 7 heteroatoms. The van der Waals surface area contributed by atoms with Crippen molar-refractivity contribution in [3.05, 3.63) is 51.8 Å². The van der Waals surface area contributed by atoms with Gasteiger partial charge in [0.25, 0.3) is 5.91 Å². The molecule has 2 aromatic rings. The molecule has 0 bridgehead atoms. The number of carbonyl (C=O) groups excluding carboxylic acids is 1. The molecule has 0 aliphatic carbocycles. The molecule has 0 spiro atoms. The van der Waals surface area contributed by atoms with E-state index in [1.54, 1.807) is 17.8 Å². The Bertz CT molecular complexity index is 695. The van der Waals surface area contributed by atoms with Crippen molar-refractivity contribution in [1.82, 2.24) is 4.57 Å². The van der Waals surface area contributed by atoms with Crippen molar-refractivity contribution in [2.75, 3.05) is 5.32 Å².